The Bertz CT molecular complexity index is 1120. The molecule has 3 heterocycles. The maximum absolute atomic E-state index is 13.0. The smallest absolute Gasteiger partial charge is 0.213 e. The van der Waals surface area contributed by atoms with Gasteiger partial charge in [0.1, 0.15) is 34.9 Å². The van der Waals surface area contributed by atoms with E-state index in [1.54, 1.807) is 6.20 Å². The number of aromatic nitrogens is 2. The molecule has 2 fully saturated rings. The Morgan fingerprint density at radius 3 is 2.72 bits per heavy atom. The molecule has 0 spiro atoms. The van der Waals surface area contributed by atoms with E-state index in [0.29, 0.717) is 49.6 Å². The van der Waals surface area contributed by atoms with Crippen molar-refractivity contribution < 1.29 is 9.13 Å². The molecular formula is C23H22ClFN6O. The van der Waals surface area contributed by atoms with E-state index in [4.69, 9.17) is 16.3 Å². The third-order valence-electron chi connectivity index (χ3n) is 6.39. The van der Waals surface area contributed by atoms with Crippen LogP contribution < -0.4 is 10.1 Å². The average Bonchev–Trinajstić information content (AvgIpc) is 3.54. The molecule has 0 saturated heterocycles. The highest BCUT2D eigenvalue weighted by Crippen LogP contribution is 2.41. The summed E-state index contributed by atoms with van der Waals surface area (Å²) in [7, 11) is 0. The van der Waals surface area contributed by atoms with Gasteiger partial charge in [0.05, 0.1) is 11.6 Å². The van der Waals surface area contributed by atoms with E-state index >= 15 is 0 Å². The molecule has 0 bridgehead atoms. The zero-order valence-corrected chi connectivity index (χ0v) is 18.2. The van der Waals surface area contributed by atoms with E-state index in [2.05, 4.69) is 32.3 Å². The number of fused-ring (bicyclic) bond motifs is 1. The SMILES string of the molecule is N#Cc1c(Cl)nc(NC2(C#N)CC2)c2c1CCN(Cc1ccc(OC3CC(F)C3)nc1)C2. The lowest BCUT2D eigenvalue weighted by molar-refractivity contribution is 0.0377. The van der Waals surface area contributed by atoms with Gasteiger partial charge in [-0.3, -0.25) is 4.90 Å². The van der Waals surface area contributed by atoms with Crippen LogP contribution in [0.15, 0.2) is 18.3 Å². The second kappa shape index (κ2) is 8.20. The molecule has 1 N–H and O–H groups in total. The lowest BCUT2D eigenvalue weighted by atomic mass is 9.94. The summed E-state index contributed by atoms with van der Waals surface area (Å²) in [4.78, 5) is 11.1. The van der Waals surface area contributed by atoms with Gasteiger partial charge in [0, 0.05) is 50.3 Å². The Morgan fingerprint density at radius 1 is 1.28 bits per heavy atom. The summed E-state index contributed by atoms with van der Waals surface area (Å²) in [6.07, 6.45) is 4.04. The Balaban J connectivity index is 1.31. The van der Waals surface area contributed by atoms with E-state index in [0.717, 1.165) is 36.1 Å². The van der Waals surface area contributed by atoms with Crippen LogP contribution in [-0.2, 0) is 19.5 Å². The van der Waals surface area contributed by atoms with Crippen LogP contribution in [-0.4, -0.2) is 39.2 Å². The third-order valence-corrected chi connectivity index (χ3v) is 6.66. The van der Waals surface area contributed by atoms with Gasteiger partial charge in [-0.05, 0) is 30.4 Å². The van der Waals surface area contributed by atoms with Crippen molar-refractivity contribution in [3.8, 4) is 18.0 Å². The summed E-state index contributed by atoms with van der Waals surface area (Å²) < 4.78 is 18.6. The van der Waals surface area contributed by atoms with E-state index < -0.39 is 11.7 Å². The summed E-state index contributed by atoms with van der Waals surface area (Å²) in [5, 5.41) is 22.5. The molecule has 32 heavy (non-hydrogen) atoms. The van der Waals surface area contributed by atoms with Crippen molar-refractivity contribution in [2.24, 2.45) is 0 Å². The summed E-state index contributed by atoms with van der Waals surface area (Å²) in [6.45, 7) is 2.04. The molecule has 0 radical (unpaired) electrons. The van der Waals surface area contributed by atoms with Crippen molar-refractivity contribution in [1.82, 2.24) is 14.9 Å². The summed E-state index contributed by atoms with van der Waals surface area (Å²) in [5.41, 5.74) is 2.71. The molecule has 2 saturated carbocycles. The van der Waals surface area contributed by atoms with E-state index in [-0.39, 0.29) is 11.3 Å². The number of pyridine rings is 2. The van der Waals surface area contributed by atoms with Crippen molar-refractivity contribution >= 4 is 17.4 Å². The first kappa shape index (κ1) is 20.9. The van der Waals surface area contributed by atoms with Crippen molar-refractivity contribution in [1.29, 1.82) is 10.5 Å². The van der Waals surface area contributed by atoms with Gasteiger partial charge >= 0.3 is 0 Å². The molecule has 164 valence electrons. The van der Waals surface area contributed by atoms with Crippen LogP contribution in [0.3, 0.4) is 0 Å². The number of alkyl halides is 1. The molecule has 2 aromatic rings. The molecule has 0 aromatic carbocycles. The predicted octanol–water partition coefficient (Wildman–Crippen LogP) is 3.91. The molecule has 5 rings (SSSR count). The Kier molecular flexibility index (Phi) is 5.36. The first-order valence-electron chi connectivity index (χ1n) is 10.8. The zero-order valence-electron chi connectivity index (χ0n) is 17.4. The van der Waals surface area contributed by atoms with Gasteiger partial charge in [-0.25, -0.2) is 14.4 Å². The second-order valence-electron chi connectivity index (χ2n) is 8.79. The van der Waals surface area contributed by atoms with Crippen LogP contribution in [0, 0.1) is 22.7 Å². The fraction of sp³-hybridized carbons (Fsp3) is 0.478. The largest absolute Gasteiger partial charge is 0.474 e. The predicted molar refractivity (Wildman–Crippen MR) is 116 cm³/mol. The second-order valence-corrected chi connectivity index (χ2v) is 9.15. The molecule has 2 aromatic heterocycles. The Morgan fingerprint density at radius 2 is 2.09 bits per heavy atom. The summed E-state index contributed by atoms with van der Waals surface area (Å²) >= 11 is 6.29. The Labute approximate surface area is 190 Å². The monoisotopic (exact) mass is 452 g/mol. The molecule has 2 aliphatic carbocycles. The van der Waals surface area contributed by atoms with E-state index in [1.807, 2.05) is 12.1 Å². The van der Waals surface area contributed by atoms with Gasteiger partial charge in [-0.1, -0.05) is 17.7 Å². The fourth-order valence-corrected chi connectivity index (χ4v) is 4.47. The minimum atomic E-state index is -0.755. The highest BCUT2D eigenvalue weighted by Gasteiger charge is 2.44. The minimum absolute atomic E-state index is 0.0790. The number of hydrogen-bond acceptors (Lipinski definition) is 7. The number of nitrogens with zero attached hydrogens (tertiary/aromatic N) is 5. The van der Waals surface area contributed by atoms with Crippen LogP contribution >= 0.6 is 11.6 Å². The molecule has 1 aliphatic heterocycles. The number of nitrogens with one attached hydrogen (secondary N) is 1. The number of halogens is 2. The lowest BCUT2D eigenvalue weighted by Gasteiger charge is -2.31. The maximum atomic E-state index is 13.0. The molecule has 0 atom stereocenters. The zero-order chi connectivity index (χ0) is 22.3. The average molecular weight is 453 g/mol. The van der Waals surface area contributed by atoms with Gasteiger partial charge in [0.2, 0.25) is 5.88 Å². The quantitative estimate of drug-likeness (QED) is 0.663. The highest BCUT2D eigenvalue weighted by atomic mass is 35.5. The number of anilines is 1. The number of ether oxygens (including phenoxy) is 1. The van der Waals surface area contributed by atoms with Crippen LogP contribution in [0.5, 0.6) is 5.88 Å². The van der Waals surface area contributed by atoms with E-state index in [1.165, 1.54) is 0 Å². The normalized spacial score (nSPS) is 23.2. The standard InChI is InChI=1S/C23H22ClFN6O/c24-21-18(9-26)17-3-6-31(12-19(17)22(29-21)30-23(13-27)4-5-23)11-14-1-2-20(28-10-14)32-16-7-15(25)8-16/h1-2,10,15-16H,3-8,11-12H2,(H,29,30). The lowest BCUT2D eigenvalue weighted by Crippen LogP contribution is -2.35. The molecule has 3 aliphatic rings. The molecule has 0 unspecified atom stereocenters. The van der Waals surface area contributed by atoms with E-state index in [9.17, 15) is 14.9 Å². The van der Waals surface area contributed by atoms with Crippen LogP contribution in [0.4, 0.5) is 10.2 Å². The number of rotatable bonds is 6. The van der Waals surface area contributed by atoms with Crippen molar-refractivity contribution in [3.05, 3.63) is 45.7 Å². The molecule has 9 heteroatoms. The van der Waals surface area contributed by atoms with Gasteiger partial charge in [-0.2, -0.15) is 10.5 Å². The van der Waals surface area contributed by atoms with Gasteiger partial charge in [0.15, 0.2) is 0 Å². The van der Waals surface area contributed by atoms with Gasteiger partial charge in [-0.15, -0.1) is 0 Å². The summed E-state index contributed by atoms with van der Waals surface area (Å²) in [5.74, 6) is 1.12. The van der Waals surface area contributed by atoms with Crippen molar-refractivity contribution in [3.63, 3.8) is 0 Å². The van der Waals surface area contributed by atoms with Crippen LogP contribution in [0.2, 0.25) is 5.15 Å². The van der Waals surface area contributed by atoms with Crippen LogP contribution in [0.1, 0.15) is 47.9 Å². The Hall–Kier alpha value is -2.94. The molecular weight excluding hydrogens is 431 g/mol. The van der Waals surface area contributed by atoms with Crippen molar-refractivity contribution in [2.75, 3.05) is 11.9 Å². The van der Waals surface area contributed by atoms with Gasteiger partial charge < -0.3 is 10.1 Å². The first-order chi connectivity index (χ1) is 15.5. The minimum Gasteiger partial charge on any atom is -0.474 e. The number of nitriles is 2. The maximum Gasteiger partial charge on any atom is 0.213 e. The molecule has 0 amide bonds. The third kappa shape index (κ3) is 4.09. The number of hydrogen-bond donors (Lipinski definition) is 1. The molecule has 7 nitrogen and oxygen atoms in total. The highest BCUT2D eigenvalue weighted by molar-refractivity contribution is 6.30. The first-order valence-corrected chi connectivity index (χ1v) is 11.2. The fourth-order valence-electron chi connectivity index (χ4n) is 4.23. The summed E-state index contributed by atoms with van der Waals surface area (Å²) in [6, 6.07) is 8.31. The topological polar surface area (TPSA) is 97.9 Å². The van der Waals surface area contributed by atoms with Crippen molar-refractivity contribution in [2.45, 2.75) is 63.0 Å². The van der Waals surface area contributed by atoms with Gasteiger partial charge in [0.25, 0.3) is 0 Å². The van der Waals surface area contributed by atoms with Crippen LogP contribution in [0.25, 0.3) is 0 Å².